The van der Waals surface area contributed by atoms with Gasteiger partial charge in [-0.05, 0) is 24.7 Å². The minimum absolute atomic E-state index is 0.0485. The summed E-state index contributed by atoms with van der Waals surface area (Å²) in [5, 5.41) is 0.456. The molecule has 3 fully saturated rings. The first-order valence-electron chi connectivity index (χ1n) is 7.09. The van der Waals surface area contributed by atoms with Gasteiger partial charge >= 0.3 is 5.97 Å². The lowest BCUT2D eigenvalue weighted by atomic mass is 9.73. The number of alkyl halides is 4. The van der Waals surface area contributed by atoms with E-state index in [4.69, 9.17) is 74.3 Å². The van der Waals surface area contributed by atoms with E-state index in [0.29, 0.717) is 0 Å². The van der Waals surface area contributed by atoms with Crippen LogP contribution in [0.15, 0.2) is 10.1 Å². The molecule has 4 bridgehead atoms. The van der Waals surface area contributed by atoms with Crippen LogP contribution in [-0.2, 0) is 9.53 Å². The molecule has 0 radical (unpaired) electrons. The van der Waals surface area contributed by atoms with Crippen LogP contribution >= 0.6 is 69.6 Å². The summed E-state index contributed by atoms with van der Waals surface area (Å²) in [5.74, 6) is -0.519. The number of hydrogen-bond donors (Lipinski definition) is 0. The Hall–Kier alpha value is 0.950. The number of rotatable bonds is 1. The lowest BCUT2D eigenvalue weighted by Crippen LogP contribution is -2.47. The summed E-state index contributed by atoms with van der Waals surface area (Å²) in [7, 11) is 0. The summed E-state index contributed by atoms with van der Waals surface area (Å²) in [6, 6.07) is 0. The number of carbonyl (C=O) groups excluding carboxylic acids is 1. The van der Waals surface area contributed by atoms with Crippen LogP contribution in [0.3, 0.4) is 0 Å². The van der Waals surface area contributed by atoms with Gasteiger partial charge in [0.1, 0.15) is 15.9 Å². The molecule has 0 saturated heterocycles. The highest BCUT2D eigenvalue weighted by molar-refractivity contribution is 6.65. The van der Waals surface area contributed by atoms with Gasteiger partial charge in [-0.25, -0.2) is 0 Å². The van der Waals surface area contributed by atoms with Gasteiger partial charge in [-0.3, -0.25) is 4.79 Å². The zero-order chi connectivity index (χ0) is 16.2. The Morgan fingerprint density at radius 1 is 1.00 bits per heavy atom. The number of carbonyl (C=O) groups is 1. The van der Waals surface area contributed by atoms with Crippen LogP contribution in [0.25, 0.3) is 0 Å². The van der Waals surface area contributed by atoms with Gasteiger partial charge < -0.3 is 4.74 Å². The van der Waals surface area contributed by atoms with E-state index in [1.165, 1.54) is 6.92 Å². The molecule has 0 aliphatic heterocycles. The third-order valence-corrected chi connectivity index (χ3v) is 10.2. The molecule has 2 nitrogen and oxygen atoms in total. The molecule has 22 heavy (non-hydrogen) atoms. The smallest absolute Gasteiger partial charge is 0.302 e. The van der Waals surface area contributed by atoms with Crippen molar-refractivity contribution in [3.63, 3.8) is 0 Å². The first-order chi connectivity index (χ1) is 10.1. The van der Waals surface area contributed by atoms with Crippen molar-refractivity contribution in [3.8, 4) is 0 Å². The number of allylic oxidation sites excluding steroid dienone is 2. The van der Waals surface area contributed by atoms with E-state index in [0.717, 1.165) is 12.8 Å². The van der Waals surface area contributed by atoms with Gasteiger partial charge in [-0.15, -0.1) is 23.2 Å². The number of esters is 1. The average Bonchev–Trinajstić information content (AvgIpc) is 3.02. The van der Waals surface area contributed by atoms with E-state index in [2.05, 4.69) is 0 Å². The molecule has 0 aromatic rings. The Labute approximate surface area is 158 Å². The maximum absolute atomic E-state index is 11.4. The lowest BCUT2D eigenvalue weighted by molar-refractivity contribution is -0.149. The van der Waals surface area contributed by atoms with Crippen molar-refractivity contribution in [1.82, 2.24) is 0 Å². The summed E-state index contributed by atoms with van der Waals surface area (Å²) in [6.45, 7) is 1.40. The first-order valence-corrected chi connectivity index (χ1v) is 9.36. The van der Waals surface area contributed by atoms with Crippen molar-refractivity contribution < 1.29 is 9.53 Å². The first kappa shape index (κ1) is 16.4. The predicted octanol–water partition coefficient (Wildman–Crippen LogP) is 5.04. The van der Waals surface area contributed by atoms with E-state index < -0.39 is 14.1 Å². The molecule has 0 aromatic heterocycles. The van der Waals surface area contributed by atoms with E-state index >= 15 is 0 Å². The normalized spacial score (nSPS) is 54.0. The highest BCUT2D eigenvalue weighted by Gasteiger charge is 2.87. The van der Waals surface area contributed by atoms with Gasteiger partial charge in [0.25, 0.3) is 0 Å². The highest BCUT2D eigenvalue weighted by atomic mass is 35.5. The van der Waals surface area contributed by atoms with Crippen LogP contribution in [0.1, 0.15) is 19.8 Å². The molecule has 6 atom stereocenters. The Bertz CT molecular complexity index is 576. The quantitative estimate of drug-likeness (QED) is 0.335. The van der Waals surface area contributed by atoms with Crippen LogP contribution in [0, 0.1) is 23.7 Å². The summed E-state index contributed by atoms with van der Waals surface area (Å²) >= 11 is 39.7. The minimum atomic E-state index is -1.49. The summed E-state index contributed by atoms with van der Waals surface area (Å²) < 4.78 is 4.05. The van der Waals surface area contributed by atoms with Gasteiger partial charge in [0, 0.05) is 18.8 Å². The van der Waals surface area contributed by atoms with Crippen molar-refractivity contribution >= 4 is 75.6 Å². The van der Waals surface area contributed by atoms with E-state index in [-0.39, 0.29) is 45.8 Å². The summed E-state index contributed by atoms with van der Waals surface area (Å²) in [4.78, 5) is 8.96. The molecule has 4 rings (SSSR count). The van der Waals surface area contributed by atoms with Crippen molar-refractivity contribution in [1.29, 1.82) is 0 Å². The fraction of sp³-hybridized carbons (Fsp3) is 0.786. The minimum Gasteiger partial charge on any atom is -0.462 e. The Kier molecular flexibility index (Phi) is 3.41. The third-order valence-electron chi connectivity index (χ3n) is 5.95. The summed E-state index contributed by atoms with van der Waals surface area (Å²) in [5.41, 5.74) is 0. The number of halogens is 6. The van der Waals surface area contributed by atoms with Crippen molar-refractivity contribution in [3.05, 3.63) is 10.1 Å². The van der Waals surface area contributed by atoms with Crippen molar-refractivity contribution in [2.75, 3.05) is 0 Å². The number of fused-ring (bicyclic) bond motifs is 9. The maximum atomic E-state index is 11.4. The molecule has 4 aliphatic rings. The van der Waals surface area contributed by atoms with Gasteiger partial charge in [0.15, 0.2) is 4.33 Å². The largest absolute Gasteiger partial charge is 0.462 e. The second-order valence-electron chi connectivity index (χ2n) is 6.66. The number of ether oxygens (including phenoxy) is 1. The van der Waals surface area contributed by atoms with E-state index in [1.807, 2.05) is 0 Å². The zero-order valence-corrected chi connectivity index (χ0v) is 15.9. The maximum Gasteiger partial charge on any atom is 0.302 e. The highest BCUT2D eigenvalue weighted by Crippen LogP contribution is 2.82. The van der Waals surface area contributed by atoms with E-state index in [9.17, 15) is 4.79 Å². The molecular formula is C14H12Cl6O2. The van der Waals surface area contributed by atoms with Crippen molar-refractivity contribution in [2.45, 2.75) is 40.0 Å². The van der Waals surface area contributed by atoms with Crippen LogP contribution in [-0.4, -0.2) is 26.2 Å². The molecule has 0 heterocycles. The van der Waals surface area contributed by atoms with Crippen LogP contribution in [0.2, 0.25) is 0 Å². The van der Waals surface area contributed by atoms with Crippen LogP contribution < -0.4 is 0 Å². The number of hydrogen-bond acceptors (Lipinski definition) is 2. The van der Waals surface area contributed by atoms with Gasteiger partial charge in [-0.1, -0.05) is 46.4 Å². The standard InChI is InChI=1S/C14H12Cl6O2/c1-4(21)22-9-5-2-3-6(9)8-7(5)12(17)10(15)11(16)13(8,18)14(12,19)20/h5-9H,2-3H2,1H3/t5-,6-,7-,8-,12+,13+/m1/s1. The molecule has 8 heteroatoms. The average molecular weight is 425 g/mol. The van der Waals surface area contributed by atoms with Crippen LogP contribution in [0.4, 0.5) is 0 Å². The van der Waals surface area contributed by atoms with Gasteiger partial charge in [0.05, 0.1) is 10.1 Å². The molecule has 0 amide bonds. The van der Waals surface area contributed by atoms with Gasteiger partial charge in [-0.2, -0.15) is 0 Å². The molecule has 3 saturated carbocycles. The Morgan fingerprint density at radius 3 is 1.77 bits per heavy atom. The molecule has 0 spiro atoms. The molecule has 0 unspecified atom stereocenters. The molecule has 122 valence electrons. The van der Waals surface area contributed by atoms with Gasteiger partial charge in [0.2, 0.25) is 0 Å². The lowest BCUT2D eigenvalue weighted by Gasteiger charge is -2.38. The predicted molar refractivity (Wildman–Crippen MR) is 89.1 cm³/mol. The summed E-state index contributed by atoms with van der Waals surface area (Å²) in [6.07, 6.45) is 1.55. The fourth-order valence-electron chi connectivity index (χ4n) is 5.35. The zero-order valence-electron chi connectivity index (χ0n) is 11.4. The SMILES string of the molecule is CC(=O)OC1[C@@H]2CC[C@@H]1[C@@H]1[C@@H]2[C@]2(Cl)C(Cl)=C(Cl)[C@]1(Cl)C2(Cl)Cl. The molecule has 4 aliphatic carbocycles. The Balaban J connectivity index is 1.87. The molecular weight excluding hydrogens is 413 g/mol. The fourth-order valence-corrected chi connectivity index (χ4v) is 8.49. The monoisotopic (exact) mass is 422 g/mol. The Morgan fingerprint density at radius 2 is 1.41 bits per heavy atom. The third kappa shape index (κ3) is 1.45. The molecule has 0 aromatic carbocycles. The second-order valence-corrected chi connectivity index (χ2v) is 9.93. The van der Waals surface area contributed by atoms with E-state index in [1.54, 1.807) is 0 Å². The molecule has 0 N–H and O–H groups in total. The van der Waals surface area contributed by atoms with Crippen molar-refractivity contribution in [2.24, 2.45) is 23.7 Å². The van der Waals surface area contributed by atoms with Crippen LogP contribution in [0.5, 0.6) is 0 Å². The topological polar surface area (TPSA) is 26.3 Å². The second kappa shape index (κ2) is 4.56.